The highest BCUT2D eigenvalue weighted by molar-refractivity contribution is 5.50. The maximum absolute atomic E-state index is 14.5. The standard InChI is InChI=1S/C30H42F6N2O/c1-7-9-11-17-23(37(3)4)21-15-13-19-25(27(21)29(31,32)33)39-26-20-14-16-22(28(26)30(34,35)36)24(38(5)6)18-12-10-8-2/h13-16,19-20,23-24H,7-12,17-18H2,1-6H3. The van der Waals surface area contributed by atoms with Crippen LogP contribution in [0, 0.1) is 0 Å². The molecule has 0 spiro atoms. The zero-order valence-corrected chi connectivity index (χ0v) is 23.8. The summed E-state index contributed by atoms with van der Waals surface area (Å²) >= 11 is 0. The summed E-state index contributed by atoms with van der Waals surface area (Å²) in [5.41, 5.74) is -2.08. The molecule has 2 unspecified atom stereocenters. The molecule has 0 heterocycles. The first-order valence-electron chi connectivity index (χ1n) is 13.6. The van der Waals surface area contributed by atoms with Crippen molar-refractivity contribution in [3.63, 3.8) is 0 Å². The number of alkyl halides is 6. The predicted molar refractivity (Wildman–Crippen MR) is 144 cm³/mol. The molecule has 2 atom stereocenters. The van der Waals surface area contributed by atoms with Gasteiger partial charge in [-0.05, 0) is 64.3 Å². The lowest BCUT2D eigenvalue weighted by Crippen LogP contribution is -2.24. The minimum atomic E-state index is -4.83. The van der Waals surface area contributed by atoms with Gasteiger partial charge in [-0.2, -0.15) is 26.3 Å². The minimum absolute atomic E-state index is 0.00319. The van der Waals surface area contributed by atoms with Gasteiger partial charge < -0.3 is 14.5 Å². The van der Waals surface area contributed by atoms with Crippen molar-refractivity contribution in [1.29, 1.82) is 0 Å². The van der Waals surface area contributed by atoms with Crippen LogP contribution >= 0.6 is 0 Å². The summed E-state index contributed by atoms with van der Waals surface area (Å²) in [5, 5.41) is 0. The molecule has 0 bridgehead atoms. The molecular formula is C30H42F6N2O. The quantitative estimate of drug-likeness (QED) is 0.169. The summed E-state index contributed by atoms with van der Waals surface area (Å²) in [5.74, 6) is -1.25. The van der Waals surface area contributed by atoms with Crippen molar-refractivity contribution in [3.8, 4) is 11.5 Å². The fourth-order valence-corrected chi connectivity index (χ4v) is 5.11. The van der Waals surface area contributed by atoms with Crippen LogP contribution in [0.1, 0.15) is 99.6 Å². The average Bonchev–Trinajstić information content (AvgIpc) is 2.82. The highest BCUT2D eigenvalue weighted by Gasteiger charge is 2.42. The van der Waals surface area contributed by atoms with Crippen molar-refractivity contribution in [3.05, 3.63) is 58.7 Å². The minimum Gasteiger partial charge on any atom is -0.456 e. The molecule has 0 saturated carbocycles. The Hall–Kier alpha value is -2.26. The molecule has 0 amide bonds. The molecule has 0 saturated heterocycles. The number of benzene rings is 2. The Morgan fingerprint density at radius 3 is 1.26 bits per heavy atom. The first kappa shape index (κ1) is 32.9. The summed E-state index contributed by atoms with van der Waals surface area (Å²) in [6, 6.07) is 6.68. The Balaban J connectivity index is 2.68. The summed E-state index contributed by atoms with van der Waals surface area (Å²) in [6.07, 6.45) is -3.66. The molecule has 9 heteroatoms. The van der Waals surface area contributed by atoms with E-state index in [1.54, 1.807) is 38.0 Å². The molecule has 0 aliphatic carbocycles. The Bertz CT molecular complexity index is 952. The van der Waals surface area contributed by atoms with Crippen LogP contribution in [-0.2, 0) is 12.4 Å². The van der Waals surface area contributed by atoms with E-state index in [1.165, 1.54) is 24.3 Å². The lowest BCUT2D eigenvalue weighted by molar-refractivity contribution is -0.140. The molecule has 0 fully saturated rings. The molecule has 3 nitrogen and oxygen atoms in total. The number of hydrogen-bond acceptors (Lipinski definition) is 3. The van der Waals surface area contributed by atoms with Crippen molar-refractivity contribution in [2.24, 2.45) is 0 Å². The smallest absolute Gasteiger partial charge is 0.420 e. The van der Waals surface area contributed by atoms with Gasteiger partial charge >= 0.3 is 12.4 Å². The average molecular weight is 561 g/mol. The van der Waals surface area contributed by atoms with E-state index in [1.807, 2.05) is 13.8 Å². The summed E-state index contributed by atoms with van der Waals surface area (Å²) in [4.78, 5) is 3.42. The van der Waals surface area contributed by atoms with Gasteiger partial charge in [-0.3, -0.25) is 0 Å². The summed E-state index contributed by atoms with van der Waals surface area (Å²) in [7, 11) is 6.82. The van der Waals surface area contributed by atoms with Crippen molar-refractivity contribution < 1.29 is 31.1 Å². The molecule has 0 N–H and O–H groups in total. The van der Waals surface area contributed by atoms with E-state index in [9.17, 15) is 26.3 Å². The van der Waals surface area contributed by atoms with Crippen LogP contribution in [0.25, 0.3) is 0 Å². The summed E-state index contributed by atoms with van der Waals surface area (Å²) in [6.45, 7) is 4.02. The zero-order chi connectivity index (χ0) is 29.4. The lowest BCUT2D eigenvalue weighted by Gasteiger charge is -2.30. The maximum atomic E-state index is 14.5. The number of hydrogen-bond donors (Lipinski definition) is 0. The van der Waals surface area contributed by atoms with Crippen LogP contribution < -0.4 is 4.74 Å². The van der Waals surface area contributed by atoms with Crippen molar-refractivity contribution >= 4 is 0 Å². The topological polar surface area (TPSA) is 15.7 Å². The Kier molecular flexibility index (Phi) is 12.2. The molecule has 0 aliphatic rings. The first-order chi connectivity index (χ1) is 18.2. The van der Waals surface area contributed by atoms with E-state index in [0.717, 1.165) is 50.7 Å². The van der Waals surface area contributed by atoms with E-state index in [2.05, 4.69) is 0 Å². The third kappa shape index (κ3) is 8.87. The van der Waals surface area contributed by atoms with Gasteiger partial charge in [0.1, 0.15) is 22.6 Å². The molecule has 0 aliphatic heterocycles. The first-order valence-corrected chi connectivity index (χ1v) is 13.6. The monoisotopic (exact) mass is 560 g/mol. The van der Waals surface area contributed by atoms with Gasteiger partial charge in [0.05, 0.1) is 0 Å². The van der Waals surface area contributed by atoms with Gasteiger partial charge in [0, 0.05) is 12.1 Å². The van der Waals surface area contributed by atoms with Gasteiger partial charge in [0.15, 0.2) is 0 Å². The van der Waals surface area contributed by atoms with E-state index >= 15 is 0 Å². The van der Waals surface area contributed by atoms with Crippen molar-refractivity contribution in [1.82, 2.24) is 9.80 Å². The normalized spacial score (nSPS) is 14.2. The number of rotatable bonds is 14. The molecule has 2 rings (SSSR count). The van der Waals surface area contributed by atoms with Gasteiger partial charge in [-0.25, -0.2) is 0 Å². The lowest BCUT2D eigenvalue weighted by atomic mass is 9.93. The fourth-order valence-electron chi connectivity index (χ4n) is 5.11. The largest absolute Gasteiger partial charge is 0.456 e. The van der Waals surface area contributed by atoms with Crippen molar-refractivity contribution in [2.45, 2.75) is 89.7 Å². The van der Waals surface area contributed by atoms with Gasteiger partial charge in [-0.15, -0.1) is 0 Å². The van der Waals surface area contributed by atoms with Crippen molar-refractivity contribution in [2.75, 3.05) is 28.2 Å². The number of ether oxygens (including phenoxy) is 1. The highest BCUT2D eigenvalue weighted by atomic mass is 19.4. The van der Waals surface area contributed by atoms with Crippen LogP contribution in [-0.4, -0.2) is 38.0 Å². The molecule has 2 aromatic carbocycles. The molecule has 2 aromatic rings. The van der Waals surface area contributed by atoms with Crippen LogP contribution in [0.2, 0.25) is 0 Å². The van der Waals surface area contributed by atoms with E-state index in [0.29, 0.717) is 12.8 Å². The third-order valence-corrected chi connectivity index (χ3v) is 7.03. The van der Waals surface area contributed by atoms with Crippen LogP contribution in [0.5, 0.6) is 11.5 Å². The van der Waals surface area contributed by atoms with Gasteiger partial charge in [0.2, 0.25) is 0 Å². The van der Waals surface area contributed by atoms with E-state index < -0.39 is 47.1 Å². The summed E-state index contributed by atoms with van der Waals surface area (Å²) < 4.78 is 92.7. The Morgan fingerprint density at radius 1 is 0.615 bits per heavy atom. The SMILES string of the molecule is CCCCCC(c1cccc(Oc2cccc(C(CCCCC)N(C)C)c2C(F)(F)F)c1C(F)(F)F)N(C)C. The zero-order valence-electron chi connectivity index (χ0n) is 23.8. The Labute approximate surface area is 229 Å². The van der Waals surface area contributed by atoms with Crippen LogP contribution in [0.15, 0.2) is 36.4 Å². The highest BCUT2D eigenvalue weighted by Crippen LogP contribution is 2.48. The fraction of sp³-hybridized carbons (Fsp3) is 0.600. The van der Waals surface area contributed by atoms with Gasteiger partial charge in [0.25, 0.3) is 0 Å². The predicted octanol–water partition coefficient (Wildman–Crippen LogP) is 9.88. The Morgan fingerprint density at radius 2 is 0.974 bits per heavy atom. The number of unbranched alkanes of at least 4 members (excludes halogenated alkanes) is 4. The van der Waals surface area contributed by atoms with Crippen LogP contribution in [0.3, 0.4) is 0 Å². The van der Waals surface area contributed by atoms with E-state index in [4.69, 9.17) is 4.74 Å². The van der Waals surface area contributed by atoms with Crippen LogP contribution in [0.4, 0.5) is 26.3 Å². The number of nitrogens with zero attached hydrogens (tertiary/aromatic N) is 2. The molecule has 0 radical (unpaired) electrons. The molecule has 39 heavy (non-hydrogen) atoms. The second-order valence-electron chi connectivity index (χ2n) is 10.5. The molecule has 220 valence electrons. The molecule has 0 aromatic heterocycles. The second-order valence-corrected chi connectivity index (χ2v) is 10.5. The van der Waals surface area contributed by atoms with Gasteiger partial charge in [-0.1, -0.05) is 76.6 Å². The van der Waals surface area contributed by atoms with E-state index in [-0.39, 0.29) is 11.1 Å². The maximum Gasteiger partial charge on any atom is 0.420 e. The second kappa shape index (κ2) is 14.4. The molecular weight excluding hydrogens is 518 g/mol. The third-order valence-electron chi connectivity index (χ3n) is 7.03. The number of halogens is 6.